The van der Waals surface area contributed by atoms with E-state index in [0.29, 0.717) is 6.04 Å². The van der Waals surface area contributed by atoms with Crippen molar-refractivity contribution in [3.63, 3.8) is 0 Å². The molecule has 2 aromatic rings. The summed E-state index contributed by atoms with van der Waals surface area (Å²) < 4.78 is 0. The molecule has 0 saturated heterocycles. The van der Waals surface area contributed by atoms with Crippen LogP contribution in [0.4, 0.5) is 0 Å². The predicted octanol–water partition coefficient (Wildman–Crippen LogP) is 1.98. The molecule has 0 bridgehead atoms. The minimum Gasteiger partial charge on any atom is -0.313 e. The fourth-order valence-electron chi connectivity index (χ4n) is 2.66. The highest BCUT2D eigenvalue weighted by Gasteiger charge is 2.13. The summed E-state index contributed by atoms with van der Waals surface area (Å²) >= 11 is 0. The van der Waals surface area contributed by atoms with Crippen LogP contribution < -0.4 is 5.32 Å². The topological polar surface area (TPSA) is 55.6 Å². The summed E-state index contributed by atoms with van der Waals surface area (Å²) in [6.45, 7) is 7.49. The van der Waals surface area contributed by atoms with Crippen LogP contribution >= 0.6 is 0 Å². The van der Waals surface area contributed by atoms with Crippen molar-refractivity contribution in [3.8, 4) is 0 Å². The highest BCUT2D eigenvalue weighted by molar-refractivity contribution is 5.29. The van der Waals surface area contributed by atoms with Crippen molar-refractivity contribution in [1.29, 1.82) is 0 Å². The lowest BCUT2D eigenvalue weighted by Crippen LogP contribution is -2.34. The Balaban J connectivity index is 2.07. The molecule has 1 unspecified atom stereocenters. The van der Waals surface area contributed by atoms with E-state index in [4.69, 9.17) is 0 Å². The molecule has 21 heavy (non-hydrogen) atoms. The number of aromatic nitrogens is 4. The summed E-state index contributed by atoms with van der Waals surface area (Å²) in [6, 6.07) is 7.08. The molecule has 1 atom stereocenters. The third kappa shape index (κ3) is 4.93. The fraction of sp³-hybridized carbons (Fsp3) is 0.562. The molecule has 114 valence electrons. The maximum atomic E-state index is 4.29. The summed E-state index contributed by atoms with van der Waals surface area (Å²) in [5, 5.41) is 15.9. The Morgan fingerprint density at radius 3 is 2.43 bits per heavy atom. The Morgan fingerprint density at radius 1 is 1.14 bits per heavy atom. The van der Waals surface area contributed by atoms with Crippen molar-refractivity contribution < 1.29 is 0 Å². The van der Waals surface area contributed by atoms with Crippen molar-refractivity contribution in [2.45, 2.75) is 46.1 Å². The van der Waals surface area contributed by atoms with Crippen LogP contribution in [0.2, 0.25) is 0 Å². The van der Waals surface area contributed by atoms with Crippen molar-refractivity contribution in [2.24, 2.45) is 7.05 Å². The number of nitrogens with one attached hydrogen (secondary N) is 1. The zero-order valence-electron chi connectivity index (χ0n) is 13.4. The molecule has 0 radical (unpaired) electrons. The number of rotatable bonds is 7. The maximum Gasteiger partial charge on any atom is 0.176 e. The van der Waals surface area contributed by atoms with Crippen LogP contribution in [0.5, 0.6) is 0 Å². The summed E-state index contributed by atoms with van der Waals surface area (Å²) in [5.41, 5.74) is 4.00. The Labute approximate surface area is 126 Å². The molecule has 0 saturated carbocycles. The Bertz CT molecular complexity index is 556. The smallest absolute Gasteiger partial charge is 0.176 e. The summed E-state index contributed by atoms with van der Waals surface area (Å²) in [4.78, 5) is 1.52. The first kappa shape index (κ1) is 15.6. The zero-order valence-corrected chi connectivity index (χ0v) is 13.4. The van der Waals surface area contributed by atoms with Gasteiger partial charge in [-0.25, -0.2) is 0 Å². The zero-order chi connectivity index (χ0) is 15.2. The minimum atomic E-state index is 0.343. The van der Waals surface area contributed by atoms with E-state index in [9.17, 15) is 0 Å². The number of tetrazole rings is 1. The van der Waals surface area contributed by atoms with E-state index in [1.165, 1.54) is 21.5 Å². The molecule has 1 aromatic carbocycles. The van der Waals surface area contributed by atoms with Crippen molar-refractivity contribution in [2.75, 3.05) is 6.54 Å². The van der Waals surface area contributed by atoms with Gasteiger partial charge in [0.05, 0.1) is 7.05 Å². The molecule has 0 fully saturated rings. The van der Waals surface area contributed by atoms with E-state index in [0.717, 1.165) is 31.6 Å². The molecule has 1 heterocycles. The van der Waals surface area contributed by atoms with Crippen LogP contribution in [-0.2, 0) is 19.9 Å². The Kier molecular flexibility index (Phi) is 5.44. The normalized spacial score (nSPS) is 12.6. The van der Waals surface area contributed by atoms with Gasteiger partial charge in [-0.15, -0.1) is 10.2 Å². The average molecular weight is 287 g/mol. The summed E-state index contributed by atoms with van der Waals surface area (Å²) in [5.74, 6) is 0.801. The highest BCUT2D eigenvalue weighted by Crippen LogP contribution is 2.12. The SMILES string of the molecule is CCCNC(Cc1cc(C)cc(C)c1)Cc1nnn(C)n1. The van der Waals surface area contributed by atoms with Gasteiger partial charge in [-0.3, -0.25) is 0 Å². The molecule has 5 nitrogen and oxygen atoms in total. The second-order valence-electron chi connectivity index (χ2n) is 5.75. The third-order valence-corrected chi connectivity index (χ3v) is 3.43. The van der Waals surface area contributed by atoms with Gasteiger partial charge in [-0.2, -0.15) is 4.80 Å². The number of aryl methyl sites for hydroxylation is 3. The molecule has 2 rings (SSSR count). The second-order valence-corrected chi connectivity index (χ2v) is 5.75. The number of nitrogens with zero attached hydrogens (tertiary/aromatic N) is 4. The number of hydrogen-bond donors (Lipinski definition) is 1. The van der Waals surface area contributed by atoms with Crippen molar-refractivity contribution in [3.05, 3.63) is 40.7 Å². The molecule has 1 N–H and O–H groups in total. The molecule has 0 spiro atoms. The first-order valence-corrected chi connectivity index (χ1v) is 7.60. The highest BCUT2D eigenvalue weighted by atomic mass is 15.6. The maximum absolute atomic E-state index is 4.29. The van der Waals surface area contributed by atoms with Gasteiger partial charge in [-0.05, 0) is 44.0 Å². The fourth-order valence-corrected chi connectivity index (χ4v) is 2.66. The van der Waals surface area contributed by atoms with E-state index in [1.54, 1.807) is 7.05 Å². The molecule has 0 aliphatic carbocycles. The average Bonchev–Trinajstić information content (AvgIpc) is 2.80. The number of hydrogen-bond acceptors (Lipinski definition) is 4. The Morgan fingerprint density at radius 2 is 1.86 bits per heavy atom. The van der Waals surface area contributed by atoms with Gasteiger partial charge >= 0.3 is 0 Å². The minimum absolute atomic E-state index is 0.343. The van der Waals surface area contributed by atoms with E-state index in [-0.39, 0.29) is 0 Å². The van der Waals surface area contributed by atoms with Crippen LogP contribution in [-0.4, -0.2) is 32.8 Å². The molecule has 0 aliphatic heterocycles. The first-order chi connectivity index (χ1) is 10.1. The molecular weight excluding hydrogens is 262 g/mol. The van der Waals surface area contributed by atoms with E-state index >= 15 is 0 Å². The van der Waals surface area contributed by atoms with E-state index < -0.39 is 0 Å². The Hall–Kier alpha value is -1.75. The molecule has 1 aromatic heterocycles. The summed E-state index contributed by atoms with van der Waals surface area (Å²) in [7, 11) is 1.80. The lowest BCUT2D eigenvalue weighted by molar-refractivity contribution is 0.494. The van der Waals surface area contributed by atoms with Crippen molar-refractivity contribution in [1.82, 2.24) is 25.5 Å². The second kappa shape index (κ2) is 7.31. The quantitative estimate of drug-likeness (QED) is 0.846. The largest absolute Gasteiger partial charge is 0.313 e. The molecule has 0 aliphatic rings. The molecular formula is C16H25N5. The number of benzene rings is 1. The van der Waals surface area contributed by atoms with Crippen LogP contribution in [0, 0.1) is 13.8 Å². The molecule has 5 heteroatoms. The van der Waals surface area contributed by atoms with Crippen molar-refractivity contribution >= 4 is 0 Å². The van der Waals surface area contributed by atoms with E-state index in [1.807, 2.05) is 0 Å². The van der Waals surface area contributed by atoms with Crippen LogP contribution in [0.1, 0.15) is 35.9 Å². The summed E-state index contributed by atoms with van der Waals surface area (Å²) in [6.07, 6.45) is 2.92. The van der Waals surface area contributed by atoms with E-state index in [2.05, 4.69) is 59.7 Å². The van der Waals surface area contributed by atoms with Crippen LogP contribution in [0.3, 0.4) is 0 Å². The first-order valence-electron chi connectivity index (χ1n) is 7.60. The van der Waals surface area contributed by atoms with Gasteiger partial charge in [-0.1, -0.05) is 36.2 Å². The third-order valence-electron chi connectivity index (χ3n) is 3.43. The van der Waals surface area contributed by atoms with Gasteiger partial charge in [0.1, 0.15) is 0 Å². The van der Waals surface area contributed by atoms with Gasteiger partial charge < -0.3 is 5.32 Å². The standard InChI is InChI=1S/C16H25N5/c1-5-6-17-15(11-16-18-20-21(4)19-16)10-14-8-12(2)7-13(3)9-14/h7-9,15,17H,5-6,10-11H2,1-4H3. The van der Waals surface area contributed by atoms with Gasteiger partial charge in [0.2, 0.25) is 0 Å². The van der Waals surface area contributed by atoms with Gasteiger partial charge in [0, 0.05) is 12.5 Å². The van der Waals surface area contributed by atoms with Crippen LogP contribution in [0.25, 0.3) is 0 Å². The lowest BCUT2D eigenvalue weighted by Gasteiger charge is -2.17. The van der Waals surface area contributed by atoms with Gasteiger partial charge in [0.25, 0.3) is 0 Å². The molecule has 0 amide bonds. The van der Waals surface area contributed by atoms with Crippen LogP contribution in [0.15, 0.2) is 18.2 Å². The predicted molar refractivity (Wildman–Crippen MR) is 84.2 cm³/mol. The van der Waals surface area contributed by atoms with Gasteiger partial charge in [0.15, 0.2) is 5.82 Å². The monoisotopic (exact) mass is 287 g/mol. The lowest BCUT2D eigenvalue weighted by atomic mass is 9.99.